The van der Waals surface area contributed by atoms with Crippen LogP contribution in [-0.4, -0.2) is 36.7 Å². The van der Waals surface area contributed by atoms with E-state index < -0.39 is 36.2 Å². The first-order valence-electron chi connectivity index (χ1n) is 8.24. The van der Waals surface area contributed by atoms with Gasteiger partial charge in [-0.1, -0.05) is 18.2 Å². The molecule has 0 fully saturated rings. The molecular weight excluding hydrogens is 377 g/mol. The van der Waals surface area contributed by atoms with Crippen LogP contribution in [0.4, 0.5) is 13.2 Å². The maximum Gasteiger partial charge on any atom is 0.416 e. The first kappa shape index (κ1) is 21.2. The molecule has 150 valence electrons. The normalized spacial score (nSPS) is 12.2. The molecule has 0 aromatic heterocycles. The van der Waals surface area contributed by atoms with E-state index in [0.717, 1.165) is 12.1 Å². The van der Waals surface area contributed by atoms with Crippen LogP contribution in [0.5, 0.6) is 5.75 Å². The van der Waals surface area contributed by atoms with E-state index in [1.165, 1.54) is 31.4 Å². The van der Waals surface area contributed by atoms with Gasteiger partial charge < -0.3 is 20.5 Å². The van der Waals surface area contributed by atoms with Crippen LogP contribution in [0.1, 0.15) is 21.5 Å². The zero-order valence-electron chi connectivity index (χ0n) is 14.9. The van der Waals surface area contributed by atoms with Crippen LogP contribution in [0.2, 0.25) is 0 Å². The van der Waals surface area contributed by atoms with Crippen molar-refractivity contribution in [2.75, 3.05) is 13.7 Å². The van der Waals surface area contributed by atoms with E-state index in [-0.39, 0.29) is 12.1 Å². The Hall–Kier alpha value is -3.07. The molecule has 28 heavy (non-hydrogen) atoms. The SMILES string of the molecule is COc1cccc(C(=O)N[C@@H](CO)C(=O)NCc2ccc(C(F)(F)F)cc2)c1. The van der Waals surface area contributed by atoms with Crippen molar-refractivity contribution >= 4 is 11.8 Å². The Morgan fingerprint density at radius 2 is 1.82 bits per heavy atom. The molecule has 0 aliphatic rings. The zero-order chi connectivity index (χ0) is 20.7. The summed E-state index contributed by atoms with van der Waals surface area (Å²) in [5, 5.41) is 14.3. The number of hydrogen-bond donors (Lipinski definition) is 3. The van der Waals surface area contributed by atoms with Crippen molar-refractivity contribution in [3.8, 4) is 5.75 Å². The van der Waals surface area contributed by atoms with Crippen molar-refractivity contribution in [3.05, 3.63) is 65.2 Å². The van der Waals surface area contributed by atoms with Crippen LogP contribution < -0.4 is 15.4 Å². The number of rotatable bonds is 7. The molecule has 1 atom stereocenters. The molecule has 0 heterocycles. The first-order valence-corrected chi connectivity index (χ1v) is 8.24. The monoisotopic (exact) mass is 396 g/mol. The van der Waals surface area contributed by atoms with Gasteiger partial charge in [-0.2, -0.15) is 13.2 Å². The van der Waals surface area contributed by atoms with Gasteiger partial charge in [-0.05, 0) is 35.9 Å². The zero-order valence-corrected chi connectivity index (χ0v) is 14.9. The molecule has 2 amide bonds. The number of carbonyl (C=O) groups is 2. The lowest BCUT2D eigenvalue weighted by atomic mass is 10.1. The number of aliphatic hydroxyl groups excluding tert-OH is 1. The summed E-state index contributed by atoms with van der Waals surface area (Å²) >= 11 is 0. The van der Waals surface area contributed by atoms with Gasteiger partial charge in [0.15, 0.2) is 0 Å². The lowest BCUT2D eigenvalue weighted by Crippen LogP contribution is -2.48. The minimum absolute atomic E-state index is 0.0531. The smallest absolute Gasteiger partial charge is 0.416 e. The molecule has 2 aromatic rings. The van der Waals surface area contributed by atoms with Crippen LogP contribution in [0, 0.1) is 0 Å². The van der Waals surface area contributed by atoms with E-state index >= 15 is 0 Å². The average Bonchev–Trinajstić information content (AvgIpc) is 2.69. The Balaban J connectivity index is 1.94. The molecule has 0 bridgehead atoms. The van der Waals surface area contributed by atoms with Crippen molar-refractivity contribution in [2.24, 2.45) is 0 Å². The lowest BCUT2D eigenvalue weighted by molar-refractivity contribution is -0.137. The Kier molecular flexibility index (Phi) is 7.00. The standard InChI is InChI=1S/C19H19F3N2O4/c1-28-15-4-2-3-13(9-15)17(26)24-16(11-25)18(27)23-10-12-5-7-14(8-6-12)19(20,21)22/h2-9,16,25H,10-11H2,1H3,(H,23,27)(H,24,26)/t16-/m0/s1. The number of benzene rings is 2. The summed E-state index contributed by atoms with van der Waals surface area (Å²) in [5.41, 5.74) is -0.105. The first-order chi connectivity index (χ1) is 13.2. The van der Waals surface area contributed by atoms with Crippen LogP contribution in [0.25, 0.3) is 0 Å². The average molecular weight is 396 g/mol. The maximum atomic E-state index is 12.5. The van der Waals surface area contributed by atoms with E-state index in [1.54, 1.807) is 12.1 Å². The van der Waals surface area contributed by atoms with Crippen molar-refractivity contribution < 1.29 is 32.6 Å². The van der Waals surface area contributed by atoms with Crippen molar-refractivity contribution in [1.82, 2.24) is 10.6 Å². The van der Waals surface area contributed by atoms with E-state index in [0.29, 0.717) is 11.3 Å². The molecule has 0 aliphatic heterocycles. The quantitative estimate of drug-likeness (QED) is 0.669. The summed E-state index contributed by atoms with van der Waals surface area (Å²) in [6.45, 7) is -0.697. The number of nitrogens with one attached hydrogen (secondary N) is 2. The van der Waals surface area contributed by atoms with Crippen LogP contribution in [0.15, 0.2) is 48.5 Å². The van der Waals surface area contributed by atoms with Crippen LogP contribution in [0.3, 0.4) is 0 Å². The highest BCUT2D eigenvalue weighted by Crippen LogP contribution is 2.29. The molecular formula is C19H19F3N2O4. The molecule has 0 aliphatic carbocycles. The molecule has 0 saturated carbocycles. The third-order valence-electron chi connectivity index (χ3n) is 3.88. The summed E-state index contributed by atoms with van der Waals surface area (Å²) in [6, 6.07) is 9.34. The highest BCUT2D eigenvalue weighted by Gasteiger charge is 2.30. The number of aliphatic hydroxyl groups is 1. The number of ether oxygens (including phenoxy) is 1. The molecule has 0 spiro atoms. The molecule has 6 nitrogen and oxygen atoms in total. The molecule has 2 rings (SSSR count). The highest BCUT2D eigenvalue weighted by atomic mass is 19.4. The lowest BCUT2D eigenvalue weighted by Gasteiger charge is -2.16. The number of amides is 2. The maximum absolute atomic E-state index is 12.5. The van der Waals surface area contributed by atoms with Gasteiger partial charge in [-0.3, -0.25) is 9.59 Å². The van der Waals surface area contributed by atoms with Gasteiger partial charge in [0.1, 0.15) is 11.8 Å². The highest BCUT2D eigenvalue weighted by molar-refractivity contribution is 5.97. The van der Waals surface area contributed by atoms with E-state index in [2.05, 4.69) is 10.6 Å². The van der Waals surface area contributed by atoms with Gasteiger partial charge in [0.2, 0.25) is 5.91 Å². The number of hydrogen-bond acceptors (Lipinski definition) is 4. The molecule has 0 saturated heterocycles. The van der Waals surface area contributed by atoms with E-state index in [4.69, 9.17) is 4.74 Å². The van der Waals surface area contributed by atoms with Crippen LogP contribution in [-0.2, 0) is 17.5 Å². The Morgan fingerprint density at radius 1 is 1.14 bits per heavy atom. The molecule has 0 unspecified atom stereocenters. The number of carbonyl (C=O) groups excluding carboxylic acids is 2. The fourth-order valence-corrected chi connectivity index (χ4v) is 2.32. The molecule has 3 N–H and O–H groups in total. The van der Waals surface area contributed by atoms with Gasteiger partial charge in [-0.25, -0.2) is 0 Å². The number of alkyl halides is 3. The summed E-state index contributed by atoms with van der Waals surface area (Å²) in [4.78, 5) is 24.4. The topological polar surface area (TPSA) is 87.7 Å². The number of methoxy groups -OCH3 is 1. The third kappa shape index (κ3) is 5.71. The molecule has 2 aromatic carbocycles. The summed E-state index contributed by atoms with van der Waals surface area (Å²) < 4.78 is 42.7. The van der Waals surface area contributed by atoms with E-state index in [1.807, 2.05) is 0 Å². The predicted octanol–water partition coefficient (Wildman–Crippen LogP) is 2.12. The van der Waals surface area contributed by atoms with Gasteiger partial charge in [0.25, 0.3) is 5.91 Å². The minimum Gasteiger partial charge on any atom is -0.497 e. The molecule has 9 heteroatoms. The van der Waals surface area contributed by atoms with Gasteiger partial charge in [0, 0.05) is 12.1 Å². The summed E-state index contributed by atoms with van der Waals surface area (Å²) in [7, 11) is 1.45. The fraction of sp³-hybridized carbons (Fsp3) is 0.263. The second-order valence-corrected chi connectivity index (χ2v) is 5.85. The minimum atomic E-state index is -4.44. The second-order valence-electron chi connectivity index (χ2n) is 5.85. The third-order valence-corrected chi connectivity index (χ3v) is 3.88. The Labute approximate surface area is 159 Å². The predicted molar refractivity (Wildman–Crippen MR) is 94.6 cm³/mol. The van der Waals surface area contributed by atoms with Crippen molar-refractivity contribution in [3.63, 3.8) is 0 Å². The van der Waals surface area contributed by atoms with E-state index in [9.17, 15) is 27.9 Å². The number of halogens is 3. The fourth-order valence-electron chi connectivity index (χ4n) is 2.32. The summed E-state index contributed by atoms with van der Waals surface area (Å²) in [6.07, 6.45) is -4.44. The molecule has 0 radical (unpaired) electrons. The van der Waals surface area contributed by atoms with Gasteiger partial charge in [-0.15, -0.1) is 0 Å². The Bertz CT molecular complexity index is 823. The Morgan fingerprint density at radius 3 is 2.39 bits per heavy atom. The van der Waals surface area contributed by atoms with Crippen LogP contribution >= 0.6 is 0 Å². The largest absolute Gasteiger partial charge is 0.497 e. The van der Waals surface area contributed by atoms with Crippen molar-refractivity contribution in [1.29, 1.82) is 0 Å². The van der Waals surface area contributed by atoms with Gasteiger partial charge >= 0.3 is 6.18 Å². The van der Waals surface area contributed by atoms with Gasteiger partial charge in [0.05, 0.1) is 19.3 Å². The second kappa shape index (κ2) is 9.23. The van der Waals surface area contributed by atoms with Crippen molar-refractivity contribution in [2.45, 2.75) is 18.8 Å². The summed E-state index contributed by atoms with van der Waals surface area (Å²) in [5.74, 6) is -0.791.